The first-order chi connectivity index (χ1) is 16.7. The molecule has 35 heavy (non-hydrogen) atoms. The van der Waals surface area contributed by atoms with Crippen molar-refractivity contribution in [2.75, 3.05) is 45.2 Å². The Kier molecular flexibility index (Phi) is 7.90. The molecule has 7 nitrogen and oxygen atoms in total. The molecular formula is C26H34N4O3S2. The largest absolute Gasteiger partial charge is 0.309 e. The van der Waals surface area contributed by atoms with Gasteiger partial charge in [0.1, 0.15) is 0 Å². The van der Waals surface area contributed by atoms with Gasteiger partial charge in [0, 0.05) is 25.2 Å². The van der Waals surface area contributed by atoms with Crippen molar-refractivity contribution >= 4 is 42.6 Å². The van der Waals surface area contributed by atoms with Gasteiger partial charge in [-0.25, -0.2) is 13.4 Å². The van der Waals surface area contributed by atoms with Gasteiger partial charge in [-0.05, 0) is 101 Å². The molecule has 0 bridgehead atoms. The molecule has 9 heteroatoms. The van der Waals surface area contributed by atoms with Crippen LogP contribution < -0.4 is 4.90 Å². The van der Waals surface area contributed by atoms with E-state index < -0.39 is 10.0 Å². The van der Waals surface area contributed by atoms with E-state index in [0.717, 1.165) is 42.4 Å². The molecule has 0 unspecified atom stereocenters. The van der Waals surface area contributed by atoms with Gasteiger partial charge in [0.25, 0.3) is 5.91 Å². The second kappa shape index (κ2) is 10.7. The summed E-state index contributed by atoms with van der Waals surface area (Å²) in [6, 6.07) is 10.5. The number of rotatable bonds is 8. The lowest BCUT2D eigenvalue weighted by atomic mass is 10.1. The number of thiazole rings is 1. The zero-order valence-corrected chi connectivity index (χ0v) is 22.6. The number of fused-ring (bicyclic) bond motifs is 1. The molecule has 0 saturated carbocycles. The van der Waals surface area contributed by atoms with Crippen LogP contribution in [0.1, 0.15) is 47.2 Å². The highest BCUT2D eigenvalue weighted by Crippen LogP contribution is 2.32. The van der Waals surface area contributed by atoms with E-state index in [1.165, 1.54) is 22.5 Å². The lowest BCUT2D eigenvalue weighted by Gasteiger charge is -2.26. The van der Waals surface area contributed by atoms with E-state index in [0.29, 0.717) is 30.3 Å². The fraction of sp³-hybridized carbons (Fsp3) is 0.462. The zero-order valence-electron chi connectivity index (χ0n) is 21.0. The minimum absolute atomic E-state index is 0.168. The fourth-order valence-electron chi connectivity index (χ4n) is 4.29. The summed E-state index contributed by atoms with van der Waals surface area (Å²) in [5.74, 6) is -0.168. The number of aromatic nitrogens is 1. The summed E-state index contributed by atoms with van der Waals surface area (Å²) in [6.07, 6.45) is 3.64. The minimum atomic E-state index is -3.53. The second-order valence-electron chi connectivity index (χ2n) is 9.50. The minimum Gasteiger partial charge on any atom is -0.309 e. The van der Waals surface area contributed by atoms with Crippen LogP contribution >= 0.6 is 11.3 Å². The van der Waals surface area contributed by atoms with Gasteiger partial charge in [0.2, 0.25) is 10.0 Å². The molecule has 0 N–H and O–H groups in total. The summed E-state index contributed by atoms with van der Waals surface area (Å²) in [7, 11) is 0.488. The number of hydrogen-bond donors (Lipinski definition) is 0. The van der Waals surface area contributed by atoms with Gasteiger partial charge in [0.05, 0.1) is 15.1 Å². The predicted molar refractivity (Wildman–Crippen MR) is 143 cm³/mol. The van der Waals surface area contributed by atoms with Gasteiger partial charge >= 0.3 is 0 Å². The maximum Gasteiger partial charge on any atom is 0.260 e. The van der Waals surface area contributed by atoms with Crippen LogP contribution in [0.15, 0.2) is 41.3 Å². The number of carbonyl (C=O) groups excluding carboxylic acids is 1. The normalized spacial score (nSPS) is 15.1. The Morgan fingerprint density at radius 2 is 1.66 bits per heavy atom. The molecule has 2 aromatic carbocycles. The fourth-order valence-corrected chi connectivity index (χ4v) is 6.88. The molecule has 1 saturated heterocycles. The number of benzene rings is 2. The number of piperidine rings is 1. The van der Waals surface area contributed by atoms with Crippen LogP contribution in [0.3, 0.4) is 0 Å². The first-order valence-electron chi connectivity index (χ1n) is 12.1. The monoisotopic (exact) mass is 514 g/mol. The summed E-state index contributed by atoms with van der Waals surface area (Å²) >= 11 is 1.51. The molecule has 1 aromatic heterocycles. The lowest BCUT2D eigenvalue weighted by Crippen LogP contribution is -2.35. The van der Waals surface area contributed by atoms with E-state index in [-0.39, 0.29) is 10.8 Å². The Labute approximate surface area is 212 Å². The third kappa shape index (κ3) is 5.74. The van der Waals surface area contributed by atoms with Crippen LogP contribution in [0.2, 0.25) is 0 Å². The van der Waals surface area contributed by atoms with Crippen molar-refractivity contribution in [1.82, 2.24) is 14.2 Å². The van der Waals surface area contributed by atoms with E-state index in [1.54, 1.807) is 33.5 Å². The number of nitrogens with zero attached hydrogens (tertiary/aromatic N) is 4. The maximum absolute atomic E-state index is 13.6. The van der Waals surface area contributed by atoms with Crippen molar-refractivity contribution in [3.63, 3.8) is 0 Å². The second-order valence-corrected chi connectivity index (χ2v) is 12.5. The number of anilines is 1. The molecule has 1 aliphatic heterocycles. The summed E-state index contributed by atoms with van der Waals surface area (Å²) in [5.41, 5.74) is 3.72. The van der Waals surface area contributed by atoms with Crippen LogP contribution in [-0.2, 0) is 10.0 Å². The summed E-state index contributed by atoms with van der Waals surface area (Å²) in [4.78, 5) is 22.5. The SMILES string of the molecule is Cc1cc2nc(N(CCCN(C)C)C(=O)c3ccc(S(=O)(=O)N4CCCCC4)cc3)sc2cc1C. The summed E-state index contributed by atoms with van der Waals surface area (Å²) in [5, 5.41) is 0.666. The van der Waals surface area contributed by atoms with Gasteiger partial charge in [-0.15, -0.1) is 0 Å². The van der Waals surface area contributed by atoms with E-state index in [4.69, 9.17) is 4.98 Å². The molecule has 1 aliphatic rings. The molecule has 188 valence electrons. The van der Waals surface area contributed by atoms with Crippen molar-refractivity contribution in [3.8, 4) is 0 Å². The van der Waals surface area contributed by atoms with Crippen LogP contribution in [0.25, 0.3) is 10.2 Å². The van der Waals surface area contributed by atoms with Crippen molar-refractivity contribution in [1.29, 1.82) is 0 Å². The smallest absolute Gasteiger partial charge is 0.260 e. The van der Waals surface area contributed by atoms with Crippen LogP contribution in [-0.4, -0.2) is 68.8 Å². The quantitative estimate of drug-likeness (QED) is 0.436. The van der Waals surface area contributed by atoms with Crippen molar-refractivity contribution in [3.05, 3.63) is 53.1 Å². The first kappa shape index (κ1) is 25.8. The molecule has 0 aliphatic carbocycles. The van der Waals surface area contributed by atoms with E-state index in [1.807, 2.05) is 14.1 Å². The summed E-state index contributed by atoms with van der Waals surface area (Å²) in [6.45, 7) is 6.63. The predicted octanol–water partition coefficient (Wildman–Crippen LogP) is 4.69. The molecule has 0 radical (unpaired) electrons. The van der Waals surface area contributed by atoms with Crippen LogP contribution in [0.5, 0.6) is 0 Å². The molecule has 2 heterocycles. The zero-order chi connectivity index (χ0) is 25.2. The maximum atomic E-state index is 13.6. The number of amides is 1. The van der Waals surface area contributed by atoms with Crippen LogP contribution in [0.4, 0.5) is 5.13 Å². The number of aryl methyl sites for hydroxylation is 2. The number of hydrogen-bond acceptors (Lipinski definition) is 6. The first-order valence-corrected chi connectivity index (χ1v) is 14.4. The Balaban J connectivity index is 1.61. The Morgan fingerprint density at radius 1 is 1.00 bits per heavy atom. The average Bonchev–Trinajstić information content (AvgIpc) is 3.24. The average molecular weight is 515 g/mol. The molecule has 1 fully saturated rings. The van der Waals surface area contributed by atoms with Crippen LogP contribution in [0, 0.1) is 13.8 Å². The van der Waals surface area contributed by atoms with Gasteiger partial charge in [-0.3, -0.25) is 9.69 Å². The van der Waals surface area contributed by atoms with E-state index in [2.05, 4.69) is 30.9 Å². The molecule has 4 rings (SSSR count). The van der Waals surface area contributed by atoms with Gasteiger partial charge < -0.3 is 4.90 Å². The van der Waals surface area contributed by atoms with Crippen molar-refractivity contribution < 1.29 is 13.2 Å². The van der Waals surface area contributed by atoms with Gasteiger partial charge in [-0.2, -0.15) is 4.31 Å². The van der Waals surface area contributed by atoms with Crippen molar-refractivity contribution in [2.45, 2.75) is 44.4 Å². The summed E-state index contributed by atoms with van der Waals surface area (Å²) < 4.78 is 28.6. The Morgan fingerprint density at radius 3 is 2.31 bits per heavy atom. The molecule has 0 spiro atoms. The lowest BCUT2D eigenvalue weighted by molar-refractivity contribution is 0.0986. The standard InChI is InChI=1S/C26H34N4O3S2/c1-19-17-23-24(18-20(19)2)34-26(27-23)30(16-8-13-28(3)4)25(31)21-9-11-22(12-10-21)35(32,33)29-14-6-5-7-15-29/h9-12,17-18H,5-8,13-16H2,1-4H3. The third-order valence-electron chi connectivity index (χ3n) is 6.51. The van der Waals surface area contributed by atoms with E-state index in [9.17, 15) is 13.2 Å². The van der Waals surface area contributed by atoms with Gasteiger partial charge in [-0.1, -0.05) is 17.8 Å². The van der Waals surface area contributed by atoms with Gasteiger partial charge in [0.15, 0.2) is 5.13 Å². The highest BCUT2D eigenvalue weighted by Gasteiger charge is 2.27. The Bertz CT molecular complexity index is 1260. The number of sulfonamides is 1. The van der Waals surface area contributed by atoms with Crippen molar-refractivity contribution in [2.24, 2.45) is 0 Å². The Hall–Kier alpha value is -2.33. The van der Waals surface area contributed by atoms with E-state index >= 15 is 0 Å². The topological polar surface area (TPSA) is 73.8 Å². The molecule has 3 aromatic rings. The molecular weight excluding hydrogens is 480 g/mol. The molecule has 1 amide bonds. The number of carbonyl (C=O) groups is 1. The molecule has 0 atom stereocenters. The highest BCUT2D eigenvalue weighted by atomic mass is 32.2. The third-order valence-corrected chi connectivity index (χ3v) is 9.46. The highest BCUT2D eigenvalue weighted by molar-refractivity contribution is 7.89.